The topological polar surface area (TPSA) is 104 Å². The summed E-state index contributed by atoms with van der Waals surface area (Å²) in [6, 6.07) is 13.8. The molecular formula is C19H14N4O3. The van der Waals surface area contributed by atoms with Crippen LogP contribution in [0.4, 0.5) is 17.3 Å². The van der Waals surface area contributed by atoms with Gasteiger partial charge in [0.25, 0.3) is 0 Å². The van der Waals surface area contributed by atoms with Crippen LogP contribution in [-0.4, -0.2) is 27.0 Å². The second-order valence-electron chi connectivity index (χ2n) is 5.85. The molecule has 1 aliphatic heterocycles. The minimum Gasteiger partial charge on any atom is -0.478 e. The number of aromatic nitrogens is 2. The molecule has 0 aliphatic carbocycles. The molecular weight excluding hydrogens is 332 g/mol. The molecule has 1 aliphatic rings. The van der Waals surface area contributed by atoms with Gasteiger partial charge in [-0.3, -0.25) is 4.79 Å². The van der Waals surface area contributed by atoms with Crippen LogP contribution in [0.15, 0.2) is 54.7 Å². The van der Waals surface area contributed by atoms with E-state index >= 15 is 0 Å². The number of para-hydroxylation sites is 1. The predicted octanol–water partition coefficient (Wildman–Crippen LogP) is 3.08. The smallest absolute Gasteiger partial charge is 0.335 e. The summed E-state index contributed by atoms with van der Waals surface area (Å²) < 4.78 is 0. The average molecular weight is 346 g/mol. The van der Waals surface area contributed by atoms with Crippen LogP contribution >= 0.6 is 0 Å². The van der Waals surface area contributed by atoms with Gasteiger partial charge in [0.15, 0.2) is 0 Å². The number of nitrogens with zero attached hydrogens (tertiary/aromatic N) is 2. The molecule has 4 rings (SSSR count). The number of hydrogen-bond acceptors (Lipinski definition) is 5. The molecule has 0 spiro atoms. The molecule has 0 radical (unpaired) electrons. The van der Waals surface area contributed by atoms with Gasteiger partial charge in [-0.1, -0.05) is 18.2 Å². The molecule has 3 aromatic rings. The van der Waals surface area contributed by atoms with Crippen molar-refractivity contribution in [3.63, 3.8) is 0 Å². The number of nitrogens with one attached hydrogen (secondary N) is 2. The summed E-state index contributed by atoms with van der Waals surface area (Å²) in [6.45, 7) is 0. The molecule has 0 unspecified atom stereocenters. The molecule has 128 valence electrons. The molecule has 7 nitrogen and oxygen atoms in total. The van der Waals surface area contributed by atoms with Crippen LogP contribution in [0, 0.1) is 0 Å². The fraction of sp³-hybridized carbons (Fsp3) is 0.0526. The van der Waals surface area contributed by atoms with E-state index in [1.807, 2.05) is 24.3 Å². The summed E-state index contributed by atoms with van der Waals surface area (Å²) in [5.74, 6) is -0.715. The van der Waals surface area contributed by atoms with E-state index in [-0.39, 0.29) is 17.9 Å². The summed E-state index contributed by atoms with van der Waals surface area (Å²) in [4.78, 5) is 31.8. The maximum atomic E-state index is 12.0. The minimum absolute atomic E-state index is 0.107. The fourth-order valence-corrected chi connectivity index (χ4v) is 2.82. The Morgan fingerprint density at radius 2 is 1.88 bits per heavy atom. The van der Waals surface area contributed by atoms with E-state index in [4.69, 9.17) is 5.11 Å². The van der Waals surface area contributed by atoms with Crippen LogP contribution in [-0.2, 0) is 11.2 Å². The molecule has 0 fully saturated rings. The summed E-state index contributed by atoms with van der Waals surface area (Å²) in [7, 11) is 0. The number of rotatable bonds is 3. The van der Waals surface area contributed by atoms with E-state index in [0.29, 0.717) is 23.0 Å². The summed E-state index contributed by atoms with van der Waals surface area (Å²) >= 11 is 0. The van der Waals surface area contributed by atoms with Gasteiger partial charge in [0.05, 0.1) is 23.4 Å². The highest BCUT2D eigenvalue weighted by molar-refractivity contribution is 6.00. The van der Waals surface area contributed by atoms with E-state index in [9.17, 15) is 9.59 Å². The van der Waals surface area contributed by atoms with Crippen LogP contribution in [0.1, 0.15) is 15.9 Å². The van der Waals surface area contributed by atoms with Crippen molar-refractivity contribution in [3.8, 4) is 11.3 Å². The van der Waals surface area contributed by atoms with Gasteiger partial charge in [0.2, 0.25) is 11.9 Å². The second-order valence-corrected chi connectivity index (χ2v) is 5.85. The van der Waals surface area contributed by atoms with Crippen molar-refractivity contribution >= 4 is 29.2 Å². The maximum absolute atomic E-state index is 12.0. The van der Waals surface area contributed by atoms with Gasteiger partial charge in [-0.05, 0) is 30.3 Å². The molecule has 0 atom stereocenters. The van der Waals surface area contributed by atoms with Gasteiger partial charge in [-0.25, -0.2) is 14.8 Å². The van der Waals surface area contributed by atoms with Crippen molar-refractivity contribution in [1.29, 1.82) is 0 Å². The molecule has 7 heteroatoms. The van der Waals surface area contributed by atoms with Crippen molar-refractivity contribution in [2.45, 2.75) is 6.42 Å². The first-order valence-electron chi connectivity index (χ1n) is 7.96. The minimum atomic E-state index is -0.980. The summed E-state index contributed by atoms with van der Waals surface area (Å²) in [5, 5.41) is 14.9. The molecule has 2 aromatic carbocycles. The lowest BCUT2D eigenvalue weighted by molar-refractivity contribution is -0.115. The number of amides is 1. The molecule has 0 saturated carbocycles. The molecule has 2 heterocycles. The standard InChI is InChI=1S/C19H14N4O3/c24-16-9-12-10-20-19(21-13-7-5-11(6-8-13)18(25)26)23-17(12)14-3-1-2-4-15(14)22-16/h1-8,10H,9H2,(H,22,24)(H,25,26)(H,20,21,23). The number of fused-ring (bicyclic) bond motifs is 3. The third-order valence-electron chi connectivity index (χ3n) is 4.06. The largest absolute Gasteiger partial charge is 0.478 e. The number of carboxylic acids is 1. The third-order valence-corrected chi connectivity index (χ3v) is 4.06. The first-order chi connectivity index (χ1) is 12.6. The van der Waals surface area contributed by atoms with E-state index in [0.717, 1.165) is 11.1 Å². The number of anilines is 3. The lowest BCUT2D eigenvalue weighted by atomic mass is 10.1. The van der Waals surface area contributed by atoms with Gasteiger partial charge in [-0.15, -0.1) is 0 Å². The predicted molar refractivity (Wildman–Crippen MR) is 96.5 cm³/mol. The van der Waals surface area contributed by atoms with Crippen molar-refractivity contribution in [3.05, 3.63) is 65.9 Å². The van der Waals surface area contributed by atoms with Crippen LogP contribution in [0.5, 0.6) is 0 Å². The normalized spacial score (nSPS) is 12.4. The zero-order chi connectivity index (χ0) is 18.1. The molecule has 1 aromatic heterocycles. The Morgan fingerprint density at radius 3 is 2.65 bits per heavy atom. The monoisotopic (exact) mass is 346 g/mol. The first kappa shape index (κ1) is 15.8. The second kappa shape index (κ2) is 6.29. The van der Waals surface area contributed by atoms with Gasteiger partial charge in [0.1, 0.15) is 0 Å². The Kier molecular flexibility index (Phi) is 3.81. The Morgan fingerprint density at radius 1 is 1.12 bits per heavy atom. The van der Waals surface area contributed by atoms with Gasteiger partial charge >= 0.3 is 5.97 Å². The quantitative estimate of drug-likeness (QED) is 0.673. The van der Waals surface area contributed by atoms with Crippen LogP contribution in [0.3, 0.4) is 0 Å². The number of carbonyl (C=O) groups is 2. The summed E-state index contributed by atoms with van der Waals surface area (Å²) in [5.41, 5.74) is 3.87. The highest BCUT2D eigenvalue weighted by Crippen LogP contribution is 2.32. The Hall–Kier alpha value is -3.74. The molecule has 0 bridgehead atoms. The lowest BCUT2D eigenvalue weighted by Gasteiger charge is -2.10. The third kappa shape index (κ3) is 2.98. The van der Waals surface area contributed by atoms with Crippen LogP contribution in [0.25, 0.3) is 11.3 Å². The number of aromatic carboxylic acids is 1. The number of hydrogen-bond donors (Lipinski definition) is 3. The summed E-state index contributed by atoms with van der Waals surface area (Å²) in [6.07, 6.45) is 1.84. The van der Waals surface area contributed by atoms with Crippen molar-refractivity contribution < 1.29 is 14.7 Å². The lowest BCUT2D eigenvalue weighted by Crippen LogP contribution is -2.12. The Balaban J connectivity index is 1.70. The highest BCUT2D eigenvalue weighted by Gasteiger charge is 2.20. The SMILES string of the molecule is O=C1Cc2cnc(Nc3ccc(C(=O)O)cc3)nc2-c2ccccc2N1. The van der Waals surface area contributed by atoms with Gasteiger partial charge in [0, 0.05) is 23.0 Å². The van der Waals surface area contributed by atoms with Crippen molar-refractivity contribution in [2.75, 3.05) is 10.6 Å². The van der Waals surface area contributed by atoms with Crippen LogP contribution in [0.2, 0.25) is 0 Å². The molecule has 0 saturated heterocycles. The molecule has 26 heavy (non-hydrogen) atoms. The van der Waals surface area contributed by atoms with E-state index in [1.165, 1.54) is 12.1 Å². The van der Waals surface area contributed by atoms with Gasteiger partial charge < -0.3 is 15.7 Å². The Labute approximate surface area is 148 Å². The van der Waals surface area contributed by atoms with Crippen LogP contribution < -0.4 is 10.6 Å². The zero-order valence-corrected chi connectivity index (χ0v) is 13.6. The molecule has 3 N–H and O–H groups in total. The zero-order valence-electron chi connectivity index (χ0n) is 13.6. The van der Waals surface area contributed by atoms with E-state index in [1.54, 1.807) is 18.3 Å². The fourth-order valence-electron chi connectivity index (χ4n) is 2.82. The average Bonchev–Trinajstić information content (AvgIpc) is 2.77. The van der Waals surface area contributed by atoms with Crippen molar-refractivity contribution in [2.24, 2.45) is 0 Å². The maximum Gasteiger partial charge on any atom is 0.335 e. The Bertz CT molecular complexity index is 1020. The highest BCUT2D eigenvalue weighted by atomic mass is 16.4. The first-order valence-corrected chi connectivity index (χ1v) is 7.96. The van der Waals surface area contributed by atoms with E-state index in [2.05, 4.69) is 20.6 Å². The van der Waals surface area contributed by atoms with Crippen molar-refractivity contribution in [1.82, 2.24) is 9.97 Å². The van der Waals surface area contributed by atoms with Gasteiger partial charge in [-0.2, -0.15) is 0 Å². The van der Waals surface area contributed by atoms with E-state index < -0.39 is 5.97 Å². The number of benzene rings is 2. The number of carboxylic acid groups (broad SMARTS) is 1. The number of carbonyl (C=O) groups excluding carboxylic acids is 1. The molecule has 1 amide bonds.